The number of nitrogens with one attached hydrogen (secondary N) is 1. The van der Waals surface area contributed by atoms with Gasteiger partial charge in [0.05, 0.1) is 13.2 Å². The van der Waals surface area contributed by atoms with Crippen molar-refractivity contribution in [2.45, 2.75) is 32.4 Å². The van der Waals surface area contributed by atoms with E-state index in [2.05, 4.69) is 15.2 Å². The van der Waals surface area contributed by atoms with Crippen LogP contribution in [-0.4, -0.2) is 41.7 Å². The number of amides is 1. The van der Waals surface area contributed by atoms with Gasteiger partial charge in [0.2, 0.25) is 0 Å². The molecule has 2 aromatic rings. The second-order valence-corrected chi connectivity index (χ2v) is 5.95. The van der Waals surface area contributed by atoms with Gasteiger partial charge in [0.25, 0.3) is 0 Å². The third kappa shape index (κ3) is 4.35. The molecule has 6 nitrogen and oxygen atoms in total. The Morgan fingerprint density at radius 2 is 2.38 bits per heavy atom. The molecular weight excluding hydrogens is 306 g/mol. The summed E-state index contributed by atoms with van der Waals surface area (Å²) < 4.78 is 10.9. The maximum atomic E-state index is 11.6. The topological polar surface area (TPSA) is 67.6 Å². The van der Waals surface area contributed by atoms with Crippen LogP contribution in [-0.2, 0) is 11.3 Å². The molecule has 1 N–H and O–H groups in total. The monoisotopic (exact) mass is 329 g/mol. The van der Waals surface area contributed by atoms with Crippen molar-refractivity contribution in [3.8, 4) is 11.3 Å². The maximum Gasteiger partial charge on any atom is 0.407 e. The molecule has 6 heteroatoms. The van der Waals surface area contributed by atoms with Gasteiger partial charge in [-0.2, -0.15) is 0 Å². The number of nitrogens with zero attached hydrogens (tertiary/aromatic N) is 2. The molecule has 0 saturated carbocycles. The van der Waals surface area contributed by atoms with Crippen molar-refractivity contribution in [1.29, 1.82) is 0 Å². The molecule has 1 atom stereocenters. The summed E-state index contributed by atoms with van der Waals surface area (Å²) in [5, 5.41) is 2.92. The van der Waals surface area contributed by atoms with E-state index in [9.17, 15) is 4.79 Å². The second kappa shape index (κ2) is 7.97. The average molecular weight is 329 g/mol. The highest BCUT2D eigenvalue weighted by molar-refractivity contribution is 5.67. The third-order valence-corrected chi connectivity index (χ3v) is 4.09. The van der Waals surface area contributed by atoms with E-state index in [1.807, 2.05) is 31.2 Å². The molecule has 128 valence electrons. The van der Waals surface area contributed by atoms with Gasteiger partial charge in [0, 0.05) is 30.5 Å². The van der Waals surface area contributed by atoms with Crippen LogP contribution in [0.25, 0.3) is 11.3 Å². The normalized spacial score (nSPS) is 18.3. The number of likely N-dealkylation sites (tertiary alicyclic amines) is 1. The van der Waals surface area contributed by atoms with Crippen molar-refractivity contribution in [2.75, 3.05) is 19.7 Å². The molecule has 0 aliphatic carbocycles. The molecule has 0 unspecified atom stereocenters. The molecule has 24 heavy (non-hydrogen) atoms. The quantitative estimate of drug-likeness (QED) is 0.913. The molecule has 0 spiro atoms. The number of furan rings is 1. The van der Waals surface area contributed by atoms with Crippen molar-refractivity contribution in [3.05, 3.63) is 42.4 Å². The Hall–Kier alpha value is -2.34. The number of pyridine rings is 1. The van der Waals surface area contributed by atoms with Crippen LogP contribution < -0.4 is 5.32 Å². The molecule has 1 fully saturated rings. The lowest BCUT2D eigenvalue weighted by Gasteiger charge is -2.32. The third-order valence-electron chi connectivity index (χ3n) is 4.09. The molecule has 2 aromatic heterocycles. The van der Waals surface area contributed by atoms with Gasteiger partial charge < -0.3 is 14.5 Å². The Morgan fingerprint density at radius 3 is 3.17 bits per heavy atom. The van der Waals surface area contributed by atoms with Crippen LogP contribution >= 0.6 is 0 Å². The number of alkyl carbamates (subject to hydrolysis) is 1. The summed E-state index contributed by atoms with van der Waals surface area (Å²) >= 11 is 0. The first-order valence-electron chi connectivity index (χ1n) is 8.39. The van der Waals surface area contributed by atoms with Crippen LogP contribution in [0.3, 0.4) is 0 Å². The highest BCUT2D eigenvalue weighted by atomic mass is 16.5. The molecule has 1 amide bonds. The zero-order valence-corrected chi connectivity index (χ0v) is 13.9. The highest BCUT2D eigenvalue weighted by Crippen LogP contribution is 2.22. The van der Waals surface area contributed by atoms with E-state index < -0.39 is 0 Å². The number of ether oxygens (including phenoxy) is 1. The van der Waals surface area contributed by atoms with E-state index in [-0.39, 0.29) is 12.1 Å². The van der Waals surface area contributed by atoms with E-state index >= 15 is 0 Å². The molecule has 1 aliphatic heterocycles. The van der Waals surface area contributed by atoms with E-state index in [1.165, 1.54) is 0 Å². The van der Waals surface area contributed by atoms with Crippen LogP contribution in [0.5, 0.6) is 0 Å². The zero-order valence-electron chi connectivity index (χ0n) is 13.9. The molecule has 3 rings (SSSR count). The molecule has 1 aliphatic rings. The molecule has 0 aromatic carbocycles. The predicted molar refractivity (Wildman–Crippen MR) is 90.4 cm³/mol. The fourth-order valence-corrected chi connectivity index (χ4v) is 3.00. The van der Waals surface area contributed by atoms with Gasteiger partial charge in [-0.05, 0) is 50.6 Å². The predicted octanol–water partition coefficient (Wildman–Crippen LogP) is 3.05. The smallest absolute Gasteiger partial charge is 0.407 e. The zero-order chi connectivity index (χ0) is 16.8. The van der Waals surface area contributed by atoms with Gasteiger partial charge in [-0.1, -0.05) is 0 Å². The molecule has 3 heterocycles. The first-order chi connectivity index (χ1) is 11.7. The van der Waals surface area contributed by atoms with Crippen molar-refractivity contribution in [1.82, 2.24) is 15.2 Å². The van der Waals surface area contributed by atoms with E-state index in [4.69, 9.17) is 9.15 Å². The number of aromatic nitrogens is 1. The van der Waals surface area contributed by atoms with Gasteiger partial charge >= 0.3 is 6.09 Å². The van der Waals surface area contributed by atoms with Crippen molar-refractivity contribution in [3.63, 3.8) is 0 Å². The van der Waals surface area contributed by atoms with E-state index in [0.717, 1.165) is 49.6 Å². The Balaban J connectivity index is 1.56. The lowest BCUT2D eigenvalue weighted by atomic mass is 10.1. The summed E-state index contributed by atoms with van der Waals surface area (Å²) in [6.07, 6.45) is 5.24. The van der Waals surface area contributed by atoms with Crippen molar-refractivity contribution < 1.29 is 13.9 Å². The van der Waals surface area contributed by atoms with Gasteiger partial charge in [-0.25, -0.2) is 4.79 Å². The fraction of sp³-hybridized carbons (Fsp3) is 0.444. The highest BCUT2D eigenvalue weighted by Gasteiger charge is 2.22. The van der Waals surface area contributed by atoms with Crippen LogP contribution in [0.15, 0.2) is 41.1 Å². The first kappa shape index (κ1) is 16.5. The summed E-state index contributed by atoms with van der Waals surface area (Å²) in [6, 6.07) is 7.99. The number of rotatable bonds is 5. The molecule has 0 bridgehead atoms. The Labute approximate surface area is 141 Å². The average Bonchev–Trinajstić information content (AvgIpc) is 3.05. The fourth-order valence-electron chi connectivity index (χ4n) is 3.00. The van der Waals surface area contributed by atoms with Crippen LogP contribution in [0.2, 0.25) is 0 Å². The number of carbonyl (C=O) groups excluding carboxylic acids is 1. The van der Waals surface area contributed by atoms with Crippen LogP contribution in [0.4, 0.5) is 4.79 Å². The lowest BCUT2D eigenvalue weighted by molar-refractivity contribution is 0.130. The summed E-state index contributed by atoms with van der Waals surface area (Å²) in [7, 11) is 0. The minimum Gasteiger partial charge on any atom is -0.460 e. The standard InChI is InChI=1S/C18H23N3O3/c1-2-23-18(22)20-15-6-4-10-21(12-15)13-16-7-8-17(24-16)14-5-3-9-19-11-14/h3,5,7-9,11,15H,2,4,6,10,12-13H2,1H3,(H,20,22)/t15-/m0/s1. The van der Waals surface area contributed by atoms with Crippen LogP contribution in [0.1, 0.15) is 25.5 Å². The van der Waals surface area contributed by atoms with E-state index in [1.54, 1.807) is 12.4 Å². The first-order valence-corrected chi connectivity index (χ1v) is 8.39. The Morgan fingerprint density at radius 1 is 1.46 bits per heavy atom. The second-order valence-electron chi connectivity index (χ2n) is 5.95. The minimum atomic E-state index is -0.332. The van der Waals surface area contributed by atoms with Gasteiger partial charge in [0.1, 0.15) is 11.5 Å². The summed E-state index contributed by atoms with van der Waals surface area (Å²) in [5.41, 5.74) is 0.976. The Kier molecular flexibility index (Phi) is 5.48. The summed E-state index contributed by atoms with van der Waals surface area (Å²) in [5.74, 6) is 1.75. The SMILES string of the molecule is CCOC(=O)N[C@H]1CCCN(Cc2ccc(-c3cccnc3)o2)C1. The largest absolute Gasteiger partial charge is 0.460 e. The number of piperidine rings is 1. The van der Waals surface area contributed by atoms with Crippen LogP contribution in [0, 0.1) is 0 Å². The number of hydrogen-bond donors (Lipinski definition) is 1. The van der Waals surface area contributed by atoms with Gasteiger partial charge in [-0.15, -0.1) is 0 Å². The van der Waals surface area contributed by atoms with Crippen molar-refractivity contribution in [2.24, 2.45) is 0 Å². The van der Waals surface area contributed by atoms with Gasteiger partial charge in [-0.3, -0.25) is 9.88 Å². The lowest BCUT2D eigenvalue weighted by Crippen LogP contribution is -2.47. The summed E-state index contributed by atoms with van der Waals surface area (Å²) in [6.45, 7) is 4.75. The van der Waals surface area contributed by atoms with Crippen molar-refractivity contribution >= 4 is 6.09 Å². The summed E-state index contributed by atoms with van der Waals surface area (Å²) in [4.78, 5) is 18.0. The molecule has 1 saturated heterocycles. The number of carbonyl (C=O) groups is 1. The Bertz CT molecular complexity index is 657. The maximum absolute atomic E-state index is 11.6. The van der Waals surface area contributed by atoms with Gasteiger partial charge in [0.15, 0.2) is 0 Å². The number of hydrogen-bond acceptors (Lipinski definition) is 5. The molecule has 0 radical (unpaired) electrons. The minimum absolute atomic E-state index is 0.130. The van der Waals surface area contributed by atoms with E-state index in [0.29, 0.717) is 6.61 Å². The molecular formula is C18H23N3O3.